The number of aryl methyl sites for hydroxylation is 1. The number of hydrogen-bond donors (Lipinski definition) is 2. The lowest BCUT2D eigenvalue weighted by molar-refractivity contribution is -0.384. The van der Waals surface area contributed by atoms with Crippen molar-refractivity contribution in [1.82, 2.24) is 19.6 Å². The molecular formula is C23H19N5O5. The molecule has 0 spiro atoms. The molecule has 0 saturated heterocycles. The molecule has 0 aliphatic carbocycles. The van der Waals surface area contributed by atoms with E-state index in [0.29, 0.717) is 33.1 Å². The fourth-order valence-electron chi connectivity index (χ4n) is 3.42. The molecule has 0 fully saturated rings. The summed E-state index contributed by atoms with van der Waals surface area (Å²) in [6.45, 7) is 4.03. The summed E-state index contributed by atoms with van der Waals surface area (Å²) in [7, 11) is 0. The predicted molar refractivity (Wildman–Crippen MR) is 121 cm³/mol. The maximum absolute atomic E-state index is 13.1. The fourth-order valence-corrected chi connectivity index (χ4v) is 3.42. The molecule has 0 radical (unpaired) electrons. The summed E-state index contributed by atoms with van der Waals surface area (Å²) in [5, 5.41) is 28.3. The van der Waals surface area contributed by atoms with E-state index < -0.39 is 10.9 Å². The molecule has 10 nitrogen and oxygen atoms in total. The monoisotopic (exact) mass is 445 g/mol. The number of carboxylic acid groups (broad SMARTS) is 1. The van der Waals surface area contributed by atoms with Crippen molar-refractivity contribution in [3.05, 3.63) is 97.4 Å². The van der Waals surface area contributed by atoms with Crippen LogP contribution in [0.4, 0.5) is 5.69 Å². The minimum atomic E-state index is -0.982. The molecule has 2 aromatic heterocycles. The van der Waals surface area contributed by atoms with Crippen molar-refractivity contribution in [2.75, 3.05) is 0 Å². The van der Waals surface area contributed by atoms with Gasteiger partial charge in [-0.15, -0.1) is 0 Å². The Morgan fingerprint density at radius 2 is 1.97 bits per heavy atom. The summed E-state index contributed by atoms with van der Waals surface area (Å²) in [4.78, 5) is 34.8. The van der Waals surface area contributed by atoms with Crippen molar-refractivity contribution in [3.8, 4) is 16.9 Å². The number of aromatic nitrogens is 4. The lowest BCUT2D eigenvalue weighted by Gasteiger charge is -2.00. The van der Waals surface area contributed by atoms with Crippen LogP contribution in [0.5, 0.6) is 0 Å². The molecule has 0 atom stereocenters. The molecule has 2 heterocycles. The van der Waals surface area contributed by atoms with Gasteiger partial charge in [-0.3, -0.25) is 29.5 Å². The van der Waals surface area contributed by atoms with Crippen molar-refractivity contribution in [2.24, 2.45) is 0 Å². The summed E-state index contributed by atoms with van der Waals surface area (Å²) < 4.78 is 2.81. The van der Waals surface area contributed by atoms with E-state index in [4.69, 9.17) is 5.11 Å². The zero-order valence-corrected chi connectivity index (χ0v) is 17.3. The molecule has 0 aliphatic rings. The molecule has 2 aromatic carbocycles. The van der Waals surface area contributed by atoms with Gasteiger partial charge in [0, 0.05) is 29.5 Å². The first kappa shape index (κ1) is 21.5. The average molecular weight is 445 g/mol. The molecule has 33 heavy (non-hydrogen) atoms. The van der Waals surface area contributed by atoms with Gasteiger partial charge in [0.05, 0.1) is 39.8 Å². The van der Waals surface area contributed by atoms with E-state index in [9.17, 15) is 19.7 Å². The van der Waals surface area contributed by atoms with E-state index in [1.54, 1.807) is 36.5 Å². The van der Waals surface area contributed by atoms with Gasteiger partial charge >= 0.3 is 5.97 Å². The molecule has 166 valence electrons. The summed E-state index contributed by atoms with van der Waals surface area (Å²) >= 11 is 0. The summed E-state index contributed by atoms with van der Waals surface area (Å²) in [6.07, 6.45) is 3.05. The van der Waals surface area contributed by atoms with Gasteiger partial charge in [0.15, 0.2) is 0 Å². The van der Waals surface area contributed by atoms with Gasteiger partial charge in [-0.2, -0.15) is 5.10 Å². The SMILES string of the molecule is C=c1[nH]n(-c2ccccc2)c(=O)/c1=C\c1cn(CCC(=O)O)nc1-c1cccc([N+](=O)[O-])c1. The number of nitro benzene ring substituents is 1. The number of nitrogens with one attached hydrogen (secondary N) is 1. The molecule has 0 saturated carbocycles. The fraction of sp³-hybridized carbons (Fsp3) is 0.0870. The smallest absolute Gasteiger partial charge is 0.305 e. The van der Waals surface area contributed by atoms with Crippen molar-refractivity contribution < 1.29 is 14.8 Å². The van der Waals surface area contributed by atoms with Gasteiger partial charge in [-0.1, -0.05) is 36.9 Å². The van der Waals surface area contributed by atoms with Gasteiger partial charge in [0.1, 0.15) is 0 Å². The summed E-state index contributed by atoms with van der Waals surface area (Å²) in [6, 6.07) is 15.0. The number of hydrogen-bond acceptors (Lipinski definition) is 5. The van der Waals surface area contributed by atoms with E-state index in [2.05, 4.69) is 16.8 Å². The summed E-state index contributed by atoms with van der Waals surface area (Å²) in [5.74, 6) is -0.982. The van der Waals surface area contributed by atoms with Crippen LogP contribution in [0.2, 0.25) is 0 Å². The number of aromatic amines is 1. The number of rotatable bonds is 7. The maximum Gasteiger partial charge on any atom is 0.305 e. The molecule has 2 N–H and O–H groups in total. The second kappa shape index (κ2) is 8.79. The van der Waals surface area contributed by atoms with E-state index in [-0.39, 0.29) is 24.2 Å². The minimum absolute atomic E-state index is 0.101. The first-order valence-corrected chi connectivity index (χ1v) is 9.94. The van der Waals surface area contributed by atoms with Crippen molar-refractivity contribution in [1.29, 1.82) is 0 Å². The van der Waals surface area contributed by atoms with Crippen LogP contribution >= 0.6 is 0 Å². The minimum Gasteiger partial charge on any atom is -0.481 e. The number of carbonyl (C=O) groups is 1. The number of aliphatic carboxylic acids is 1. The first-order chi connectivity index (χ1) is 15.8. The van der Waals surface area contributed by atoms with Crippen LogP contribution in [-0.2, 0) is 11.3 Å². The number of H-pyrrole nitrogens is 1. The normalized spacial score (nSPS) is 11.6. The topological polar surface area (TPSA) is 136 Å². The Morgan fingerprint density at radius 1 is 1.21 bits per heavy atom. The highest BCUT2D eigenvalue weighted by atomic mass is 16.6. The zero-order valence-electron chi connectivity index (χ0n) is 17.3. The molecule has 10 heteroatoms. The van der Waals surface area contributed by atoms with Crippen LogP contribution in [0.3, 0.4) is 0 Å². The quantitative estimate of drug-likeness (QED) is 0.328. The summed E-state index contributed by atoms with van der Waals surface area (Å²) in [5.41, 5.74) is 1.56. The van der Waals surface area contributed by atoms with Crippen LogP contribution in [0, 0.1) is 10.1 Å². The Kier molecular flexibility index (Phi) is 5.73. The van der Waals surface area contributed by atoms with Crippen LogP contribution in [0.15, 0.2) is 65.6 Å². The van der Waals surface area contributed by atoms with Crippen molar-refractivity contribution >= 4 is 24.3 Å². The zero-order chi connectivity index (χ0) is 23.5. The second-order valence-corrected chi connectivity index (χ2v) is 7.27. The largest absolute Gasteiger partial charge is 0.481 e. The number of nitrogens with zero attached hydrogens (tertiary/aromatic N) is 4. The van der Waals surface area contributed by atoms with Crippen LogP contribution in [-0.4, -0.2) is 35.6 Å². The van der Waals surface area contributed by atoms with E-state index >= 15 is 0 Å². The number of nitro groups is 1. The highest BCUT2D eigenvalue weighted by Crippen LogP contribution is 2.26. The van der Waals surface area contributed by atoms with E-state index in [1.165, 1.54) is 21.5 Å². The van der Waals surface area contributed by atoms with E-state index in [0.717, 1.165) is 0 Å². The lowest BCUT2D eigenvalue weighted by Crippen LogP contribution is -2.33. The Morgan fingerprint density at radius 3 is 2.67 bits per heavy atom. The first-order valence-electron chi connectivity index (χ1n) is 9.94. The molecule has 0 bridgehead atoms. The third-order valence-electron chi connectivity index (χ3n) is 4.99. The maximum atomic E-state index is 13.1. The van der Waals surface area contributed by atoms with Gasteiger partial charge < -0.3 is 5.11 Å². The Bertz CT molecular complexity index is 1510. The highest BCUT2D eigenvalue weighted by molar-refractivity contribution is 5.73. The van der Waals surface area contributed by atoms with Crippen LogP contribution in [0.1, 0.15) is 12.0 Å². The molecule has 0 aliphatic heterocycles. The average Bonchev–Trinajstić information content (AvgIpc) is 3.34. The Balaban J connectivity index is 1.88. The Hall–Kier alpha value is -4.73. The molecule has 4 rings (SSSR count). The molecule has 4 aromatic rings. The second-order valence-electron chi connectivity index (χ2n) is 7.27. The number of non-ortho nitro benzene ring substituents is 1. The third kappa shape index (κ3) is 4.49. The van der Waals surface area contributed by atoms with Crippen molar-refractivity contribution in [2.45, 2.75) is 13.0 Å². The van der Waals surface area contributed by atoms with Gasteiger partial charge in [-0.05, 0) is 18.2 Å². The van der Waals surface area contributed by atoms with Crippen LogP contribution < -0.4 is 16.1 Å². The van der Waals surface area contributed by atoms with E-state index in [1.807, 2.05) is 18.2 Å². The molecule has 0 unspecified atom stereocenters. The Labute approximate surface area is 186 Å². The lowest BCUT2D eigenvalue weighted by atomic mass is 10.1. The van der Waals surface area contributed by atoms with Crippen LogP contribution in [0.25, 0.3) is 29.6 Å². The molecule has 0 amide bonds. The highest BCUT2D eigenvalue weighted by Gasteiger charge is 2.15. The number of carboxylic acids is 1. The number of benzene rings is 2. The predicted octanol–water partition coefficient (Wildman–Crippen LogP) is 1.65. The number of para-hydroxylation sites is 1. The van der Waals surface area contributed by atoms with Gasteiger partial charge in [0.2, 0.25) is 0 Å². The van der Waals surface area contributed by atoms with Gasteiger partial charge in [0.25, 0.3) is 11.2 Å². The third-order valence-corrected chi connectivity index (χ3v) is 4.99. The molecular weight excluding hydrogens is 426 g/mol. The van der Waals surface area contributed by atoms with Crippen molar-refractivity contribution in [3.63, 3.8) is 0 Å². The van der Waals surface area contributed by atoms with Gasteiger partial charge in [-0.25, -0.2) is 4.68 Å². The standard InChI is InChI=1S/C23H19N5O5/c1-15-20(23(31)27(24-15)18-7-3-2-4-8-18)13-17-14-26(11-10-21(29)30)25-22(17)16-6-5-9-19(12-16)28(32)33/h2-9,12-14,24H,1,10-11H2,(H,29,30)/b20-13-.